The van der Waals surface area contributed by atoms with Crippen molar-refractivity contribution >= 4 is 39.0 Å². The van der Waals surface area contributed by atoms with Crippen LogP contribution in [0.4, 0.5) is 5.82 Å². The van der Waals surface area contributed by atoms with E-state index >= 15 is 0 Å². The summed E-state index contributed by atoms with van der Waals surface area (Å²) in [5.74, 6) is 0.835. The molecular formula is C11H12ClN3O2S. The molecule has 1 aliphatic rings. The molecule has 2 aromatic heterocycles. The minimum Gasteiger partial charge on any atom is -0.394 e. The Morgan fingerprint density at radius 1 is 1.56 bits per heavy atom. The fraction of sp³-hybridized carbons (Fsp3) is 0.455. The first-order valence-corrected chi connectivity index (χ1v) is 6.92. The molecule has 0 bridgehead atoms. The van der Waals surface area contributed by atoms with Gasteiger partial charge in [0.25, 0.3) is 0 Å². The SMILES string of the molecule is OCC1CN(c2nc(Cl)nc3ccsc23)CCO1. The van der Waals surface area contributed by atoms with Crippen molar-refractivity contribution in [3.63, 3.8) is 0 Å². The van der Waals surface area contributed by atoms with E-state index in [9.17, 15) is 5.11 Å². The topological polar surface area (TPSA) is 58.5 Å². The second-order valence-electron chi connectivity index (χ2n) is 4.07. The second kappa shape index (κ2) is 4.97. The van der Waals surface area contributed by atoms with Crippen molar-refractivity contribution in [2.75, 3.05) is 31.2 Å². The molecule has 96 valence electrons. The summed E-state index contributed by atoms with van der Waals surface area (Å²) in [6, 6.07) is 1.93. The fourth-order valence-electron chi connectivity index (χ4n) is 2.06. The maximum atomic E-state index is 9.18. The van der Waals surface area contributed by atoms with E-state index in [2.05, 4.69) is 14.9 Å². The first kappa shape index (κ1) is 12.1. The molecule has 0 amide bonds. The molecule has 3 rings (SSSR count). The molecule has 0 saturated carbocycles. The van der Waals surface area contributed by atoms with E-state index in [0.29, 0.717) is 13.2 Å². The van der Waals surface area contributed by atoms with Gasteiger partial charge in [-0.25, -0.2) is 4.98 Å². The number of aliphatic hydroxyl groups excluding tert-OH is 1. The molecule has 0 radical (unpaired) electrons. The molecular weight excluding hydrogens is 274 g/mol. The Kier molecular flexibility index (Phi) is 3.34. The van der Waals surface area contributed by atoms with Crippen molar-refractivity contribution in [2.24, 2.45) is 0 Å². The third-order valence-corrected chi connectivity index (χ3v) is 3.97. The Morgan fingerprint density at radius 3 is 3.28 bits per heavy atom. The number of aromatic nitrogens is 2. The van der Waals surface area contributed by atoms with Crippen molar-refractivity contribution in [1.29, 1.82) is 0 Å². The molecule has 5 nitrogen and oxygen atoms in total. The average molecular weight is 286 g/mol. The molecule has 2 aromatic rings. The van der Waals surface area contributed by atoms with Gasteiger partial charge in [-0.15, -0.1) is 11.3 Å². The van der Waals surface area contributed by atoms with E-state index in [1.807, 2.05) is 11.4 Å². The number of halogens is 1. The summed E-state index contributed by atoms with van der Waals surface area (Å²) < 4.78 is 6.46. The van der Waals surface area contributed by atoms with Crippen molar-refractivity contribution in [2.45, 2.75) is 6.10 Å². The summed E-state index contributed by atoms with van der Waals surface area (Å²) in [6.07, 6.45) is -0.164. The zero-order chi connectivity index (χ0) is 12.5. The fourth-order valence-corrected chi connectivity index (χ4v) is 3.08. The number of aliphatic hydroxyl groups is 1. The highest BCUT2D eigenvalue weighted by Crippen LogP contribution is 2.30. The van der Waals surface area contributed by atoms with Gasteiger partial charge in [-0.2, -0.15) is 4.98 Å². The van der Waals surface area contributed by atoms with Gasteiger partial charge in [0.1, 0.15) is 0 Å². The van der Waals surface area contributed by atoms with E-state index in [4.69, 9.17) is 16.3 Å². The maximum Gasteiger partial charge on any atom is 0.224 e. The van der Waals surface area contributed by atoms with Crippen molar-refractivity contribution in [1.82, 2.24) is 9.97 Å². The summed E-state index contributed by atoms with van der Waals surface area (Å²) in [7, 11) is 0. The first-order valence-electron chi connectivity index (χ1n) is 5.66. The third kappa shape index (κ3) is 2.16. The zero-order valence-corrected chi connectivity index (χ0v) is 11.1. The van der Waals surface area contributed by atoms with Crippen LogP contribution >= 0.6 is 22.9 Å². The molecule has 1 saturated heterocycles. The van der Waals surface area contributed by atoms with Gasteiger partial charge in [-0.1, -0.05) is 0 Å². The van der Waals surface area contributed by atoms with Crippen molar-refractivity contribution in [3.05, 3.63) is 16.7 Å². The van der Waals surface area contributed by atoms with E-state index in [-0.39, 0.29) is 18.0 Å². The normalized spacial score (nSPS) is 20.6. The van der Waals surface area contributed by atoms with Gasteiger partial charge in [0.05, 0.1) is 29.5 Å². The van der Waals surface area contributed by atoms with Crippen LogP contribution in [0.5, 0.6) is 0 Å². The predicted molar refractivity (Wildman–Crippen MR) is 71.5 cm³/mol. The third-order valence-electron chi connectivity index (χ3n) is 2.90. The second-order valence-corrected chi connectivity index (χ2v) is 5.33. The minimum absolute atomic E-state index is 0.0168. The van der Waals surface area contributed by atoms with Gasteiger partial charge < -0.3 is 14.7 Å². The lowest BCUT2D eigenvalue weighted by Crippen LogP contribution is -2.44. The number of ether oxygens (including phenoxy) is 1. The highest BCUT2D eigenvalue weighted by molar-refractivity contribution is 7.17. The predicted octanol–water partition coefficient (Wildman–Crippen LogP) is 1.54. The number of nitrogens with zero attached hydrogens (tertiary/aromatic N) is 3. The van der Waals surface area contributed by atoms with Gasteiger partial charge in [-0.05, 0) is 23.0 Å². The van der Waals surface area contributed by atoms with E-state index in [1.165, 1.54) is 0 Å². The number of rotatable bonds is 2. The molecule has 1 N–H and O–H groups in total. The van der Waals surface area contributed by atoms with Crippen LogP contribution in [0.15, 0.2) is 11.4 Å². The van der Waals surface area contributed by atoms with E-state index < -0.39 is 0 Å². The minimum atomic E-state index is -0.164. The van der Waals surface area contributed by atoms with Gasteiger partial charge in [-0.3, -0.25) is 0 Å². The summed E-state index contributed by atoms with van der Waals surface area (Å²) in [5, 5.41) is 11.4. The molecule has 3 heterocycles. The van der Waals surface area contributed by atoms with Crippen LogP contribution in [0, 0.1) is 0 Å². The molecule has 18 heavy (non-hydrogen) atoms. The van der Waals surface area contributed by atoms with Gasteiger partial charge in [0, 0.05) is 13.1 Å². The highest BCUT2D eigenvalue weighted by atomic mass is 35.5. The Bertz CT molecular complexity index is 562. The number of hydrogen-bond donors (Lipinski definition) is 1. The molecule has 0 spiro atoms. The van der Waals surface area contributed by atoms with Gasteiger partial charge in [0.15, 0.2) is 5.82 Å². The van der Waals surface area contributed by atoms with Crippen molar-refractivity contribution < 1.29 is 9.84 Å². The van der Waals surface area contributed by atoms with Crippen LogP contribution in [0.1, 0.15) is 0 Å². The lowest BCUT2D eigenvalue weighted by Gasteiger charge is -2.33. The van der Waals surface area contributed by atoms with Crippen LogP contribution in [0.2, 0.25) is 5.28 Å². The molecule has 0 aromatic carbocycles. The molecule has 0 aliphatic carbocycles. The Hall–Kier alpha value is -0.950. The molecule has 7 heteroatoms. The smallest absolute Gasteiger partial charge is 0.224 e. The molecule has 1 aliphatic heterocycles. The Balaban J connectivity index is 2.00. The molecule has 1 fully saturated rings. The highest BCUT2D eigenvalue weighted by Gasteiger charge is 2.23. The molecule has 1 unspecified atom stereocenters. The number of thiophene rings is 1. The van der Waals surface area contributed by atoms with Crippen LogP contribution < -0.4 is 4.90 Å². The summed E-state index contributed by atoms with van der Waals surface area (Å²) in [6.45, 7) is 1.97. The van der Waals surface area contributed by atoms with Crippen LogP contribution in [0.25, 0.3) is 10.2 Å². The lowest BCUT2D eigenvalue weighted by molar-refractivity contribution is 0.00344. The van der Waals surface area contributed by atoms with Crippen LogP contribution in [-0.4, -0.2) is 47.5 Å². The van der Waals surface area contributed by atoms with Gasteiger partial charge >= 0.3 is 0 Å². The van der Waals surface area contributed by atoms with Crippen LogP contribution in [0.3, 0.4) is 0 Å². The zero-order valence-electron chi connectivity index (χ0n) is 9.54. The van der Waals surface area contributed by atoms with Crippen LogP contribution in [-0.2, 0) is 4.74 Å². The average Bonchev–Trinajstić information content (AvgIpc) is 2.85. The number of morpholine rings is 1. The maximum absolute atomic E-state index is 9.18. The first-order chi connectivity index (χ1) is 8.78. The largest absolute Gasteiger partial charge is 0.394 e. The number of anilines is 1. The number of hydrogen-bond acceptors (Lipinski definition) is 6. The number of fused-ring (bicyclic) bond motifs is 1. The van der Waals surface area contributed by atoms with Gasteiger partial charge in [0.2, 0.25) is 5.28 Å². The summed E-state index contributed by atoms with van der Waals surface area (Å²) in [5.41, 5.74) is 0.863. The Labute approximate surface area is 113 Å². The summed E-state index contributed by atoms with van der Waals surface area (Å²) >= 11 is 7.54. The lowest BCUT2D eigenvalue weighted by atomic mass is 10.3. The monoisotopic (exact) mass is 285 g/mol. The van der Waals surface area contributed by atoms with E-state index in [0.717, 1.165) is 22.6 Å². The van der Waals surface area contributed by atoms with Crippen molar-refractivity contribution in [3.8, 4) is 0 Å². The quantitative estimate of drug-likeness (QED) is 0.848. The summed E-state index contributed by atoms with van der Waals surface area (Å²) in [4.78, 5) is 10.6. The Morgan fingerprint density at radius 2 is 2.44 bits per heavy atom. The standard InChI is InChI=1S/C11H12ClN3O2S/c12-11-13-8-1-4-18-9(8)10(14-11)15-2-3-17-7(5-15)6-16/h1,4,7,16H,2-3,5-6H2. The molecule has 1 atom stereocenters. The van der Waals surface area contributed by atoms with E-state index in [1.54, 1.807) is 11.3 Å².